The number of carbonyl (C=O) groups is 2. The molecule has 5 rings (SSSR count). The molecular weight excluding hydrogens is 576 g/mol. The number of hydrogen-bond acceptors (Lipinski definition) is 9. The lowest BCUT2D eigenvalue weighted by molar-refractivity contribution is -0.216. The largest absolute Gasteiger partial charge is 0.456 e. The number of benzene rings is 1. The highest BCUT2D eigenvalue weighted by atomic mass is 16.6. The number of carbonyl (C=O) groups excluding carboxylic acids is 2. The van der Waals surface area contributed by atoms with E-state index in [1.54, 1.807) is 19.9 Å². The van der Waals surface area contributed by atoms with Crippen LogP contribution in [0.3, 0.4) is 0 Å². The fraction of sp³-hybridized carbons (Fsp3) is 0.667. The van der Waals surface area contributed by atoms with Gasteiger partial charge in [0, 0.05) is 29.7 Å². The Labute approximate surface area is 265 Å². The fourth-order valence-corrected chi connectivity index (χ4v) is 9.28. The Morgan fingerprint density at radius 1 is 1.04 bits per heavy atom. The molecule has 0 spiro atoms. The number of ketones is 1. The summed E-state index contributed by atoms with van der Waals surface area (Å²) in [5, 5.41) is 68.7. The van der Waals surface area contributed by atoms with Gasteiger partial charge < -0.3 is 35.4 Å². The van der Waals surface area contributed by atoms with Crippen LogP contribution in [0.2, 0.25) is 0 Å². The summed E-state index contributed by atoms with van der Waals surface area (Å²) in [6.07, 6.45) is 1.24. The second kappa shape index (κ2) is 11.7. The number of ether oxygens (including phenoxy) is 1. The highest BCUT2D eigenvalue weighted by Crippen LogP contribution is 2.69. The minimum atomic E-state index is -1.92. The van der Waals surface area contributed by atoms with Crippen LogP contribution in [-0.2, 0) is 14.3 Å². The molecule has 1 aromatic rings. The molecule has 4 aliphatic carbocycles. The molecular formula is C36H50O9. The topological polar surface area (TPSA) is 165 Å². The van der Waals surface area contributed by atoms with Gasteiger partial charge in [-0.1, -0.05) is 58.0 Å². The Kier molecular flexibility index (Phi) is 8.82. The summed E-state index contributed by atoms with van der Waals surface area (Å²) < 4.78 is 5.71. The molecule has 248 valence electrons. The van der Waals surface area contributed by atoms with E-state index in [1.165, 1.54) is 12.2 Å². The van der Waals surface area contributed by atoms with Crippen molar-refractivity contribution < 1.29 is 45.0 Å². The summed E-state index contributed by atoms with van der Waals surface area (Å²) in [6, 6.07) is 9.24. The monoisotopic (exact) mass is 626 g/mol. The zero-order valence-corrected chi connectivity index (χ0v) is 27.0. The number of aliphatic hydroxyl groups excluding tert-OH is 3. The molecule has 4 aliphatic rings. The SMILES string of the molecule is CC(C)[C@@H](O)C[C@@H](O)[C@](C)(O)[C@H]1CC[C@@]2(O)C3=CC(=O)[C@]4(O)C[C@@H](O)[C@@H](OC(=O)C=Cc5ccccc5)C[C@]4(C)[C@@H]3CC[C@]12C. The van der Waals surface area contributed by atoms with Crippen LogP contribution in [0.4, 0.5) is 0 Å². The Hall–Kier alpha value is -2.40. The highest BCUT2D eigenvalue weighted by Gasteiger charge is 2.72. The van der Waals surface area contributed by atoms with E-state index in [0.29, 0.717) is 24.8 Å². The van der Waals surface area contributed by atoms with Gasteiger partial charge in [0.2, 0.25) is 0 Å². The highest BCUT2D eigenvalue weighted by molar-refractivity contribution is 6.00. The Morgan fingerprint density at radius 2 is 1.71 bits per heavy atom. The number of esters is 1. The van der Waals surface area contributed by atoms with Crippen LogP contribution < -0.4 is 0 Å². The van der Waals surface area contributed by atoms with E-state index in [1.807, 2.05) is 51.1 Å². The van der Waals surface area contributed by atoms with Crippen LogP contribution >= 0.6 is 0 Å². The van der Waals surface area contributed by atoms with E-state index < -0.39 is 75.6 Å². The molecule has 0 amide bonds. The molecule has 45 heavy (non-hydrogen) atoms. The van der Waals surface area contributed by atoms with Crippen LogP contribution in [0.5, 0.6) is 0 Å². The van der Waals surface area contributed by atoms with E-state index in [0.717, 1.165) is 5.56 Å². The van der Waals surface area contributed by atoms with Gasteiger partial charge in [0.15, 0.2) is 5.78 Å². The van der Waals surface area contributed by atoms with Crippen LogP contribution in [0.1, 0.15) is 85.1 Å². The third-order valence-electron chi connectivity index (χ3n) is 12.4. The number of hydrogen-bond donors (Lipinski definition) is 6. The van der Waals surface area contributed by atoms with Crippen LogP contribution in [0, 0.1) is 28.6 Å². The summed E-state index contributed by atoms with van der Waals surface area (Å²) in [5.74, 6) is -2.34. The number of rotatable bonds is 8. The predicted octanol–water partition coefficient (Wildman–Crippen LogP) is 3.09. The number of aliphatic hydroxyl groups is 6. The van der Waals surface area contributed by atoms with Gasteiger partial charge in [-0.15, -0.1) is 0 Å². The summed E-state index contributed by atoms with van der Waals surface area (Å²) in [5.41, 5.74) is -5.79. The first-order valence-electron chi connectivity index (χ1n) is 16.3. The molecule has 0 radical (unpaired) electrons. The lowest BCUT2D eigenvalue weighted by Gasteiger charge is -2.63. The standard InChI is InChI=1S/C36H50O9/c1-21(2)25(37)18-29(39)34(5,42)28-14-16-35(43)24-17-30(40)36(44)19-26(38)27(20-33(36,4)23(24)13-15-32(28,35)3)45-31(41)12-11-22-9-7-6-8-10-22/h6-12,17,21,23,25-29,37-39,42-44H,13-16,18-20H2,1-5H3/t23-,25+,26-,27+,28+,29-,32-,33-,34-,35-,36-/m1/s1. The summed E-state index contributed by atoms with van der Waals surface area (Å²) >= 11 is 0. The second-order valence-corrected chi connectivity index (χ2v) is 15.2. The van der Waals surface area contributed by atoms with Crippen LogP contribution in [-0.4, -0.2) is 83.6 Å². The lowest BCUT2D eigenvalue weighted by atomic mass is 9.44. The minimum Gasteiger partial charge on any atom is -0.456 e. The van der Waals surface area contributed by atoms with Crippen molar-refractivity contribution in [3.63, 3.8) is 0 Å². The molecule has 9 nitrogen and oxygen atoms in total. The van der Waals surface area contributed by atoms with E-state index in [2.05, 4.69) is 0 Å². The van der Waals surface area contributed by atoms with E-state index >= 15 is 0 Å². The van der Waals surface area contributed by atoms with Crippen molar-refractivity contribution in [2.45, 2.75) is 121 Å². The van der Waals surface area contributed by atoms with Gasteiger partial charge in [-0.3, -0.25) is 4.79 Å². The third kappa shape index (κ3) is 5.33. The zero-order chi connectivity index (χ0) is 33.2. The predicted molar refractivity (Wildman–Crippen MR) is 167 cm³/mol. The van der Waals surface area contributed by atoms with Gasteiger partial charge in [0.05, 0.1) is 29.5 Å². The molecule has 3 fully saturated rings. The molecule has 0 aliphatic heterocycles. The van der Waals surface area contributed by atoms with Crippen LogP contribution in [0.25, 0.3) is 6.08 Å². The van der Waals surface area contributed by atoms with Gasteiger partial charge in [0.25, 0.3) is 0 Å². The molecule has 0 bridgehead atoms. The summed E-state index contributed by atoms with van der Waals surface area (Å²) in [6.45, 7) is 8.92. The first-order valence-corrected chi connectivity index (χ1v) is 16.3. The first-order chi connectivity index (χ1) is 20.9. The van der Waals surface area contributed by atoms with Crippen molar-refractivity contribution >= 4 is 17.8 Å². The van der Waals surface area contributed by atoms with Gasteiger partial charge in [-0.25, -0.2) is 4.79 Å². The normalized spacial score (nSPS) is 40.6. The smallest absolute Gasteiger partial charge is 0.331 e. The second-order valence-electron chi connectivity index (χ2n) is 15.2. The van der Waals surface area contributed by atoms with Crippen molar-refractivity contribution in [3.05, 3.63) is 53.6 Å². The quantitative estimate of drug-likeness (QED) is 0.188. The average Bonchev–Trinajstić information content (AvgIpc) is 3.26. The van der Waals surface area contributed by atoms with Crippen molar-refractivity contribution in [1.29, 1.82) is 0 Å². The first kappa shape index (κ1) is 33.9. The maximum atomic E-state index is 13.8. The maximum Gasteiger partial charge on any atom is 0.331 e. The van der Waals surface area contributed by atoms with Crippen LogP contribution in [0.15, 0.2) is 48.1 Å². The molecule has 0 unspecified atom stereocenters. The molecule has 1 aromatic carbocycles. The van der Waals surface area contributed by atoms with Crippen molar-refractivity contribution in [2.75, 3.05) is 0 Å². The Bertz CT molecular complexity index is 1350. The Morgan fingerprint density at radius 3 is 2.36 bits per heavy atom. The average molecular weight is 627 g/mol. The lowest BCUT2D eigenvalue weighted by Crippen LogP contribution is -2.69. The molecule has 0 aromatic heterocycles. The summed E-state index contributed by atoms with van der Waals surface area (Å²) in [7, 11) is 0. The van der Waals surface area contributed by atoms with Gasteiger partial charge in [-0.05, 0) is 80.1 Å². The van der Waals surface area contributed by atoms with Gasteiger partial charge in [0.1, 0.15) is 11.7 Å². The molecule has 11 atom stereocenters. The van der Waals surface area contributed by atoms with Gasteiger partial charge in [-0.2, -0.15) is 0 Å². The van der Waals surface area contributed by atoms with Crippen molar-refractivity contribution in [3.8, 4) is 0 Å². The Balaban J connectivity index is 1.42. The van der Waals surface area contributed by atoms with Crippen molar-refractivity contribution in [2.24, 2.45) is 28.6 Å². The molecule has 9 heteroatoms. The molecule has 0 heterocycles. The minimum absolute atomic E-state index is 0.00639. The zero-order valence-electron chi connectivity index (χ0n) is 27.0. The van der Waals surface area contributed by atoms with Crippen molar-refractivity contribution in [1.82, 2.24) is 0 Å². The third-order valence-corrected chi connectivity index (χ3v) is 12.4. The number of fused-ring (bicyclic) bond motifs is 5. The summed E-state index contributed by atoms with van der Waals surface area (Å²) in [4.78, 5) is 26.6. The molecule has 6 N–H and O–H groups in total. The fourth-order valence-electron chi connectivity index (χ4n) is 9.28. The maximum absolute atomic E-state index is 13.8. The van der Waals surface area contributed by atoms with E-state index in [9.17, 15) is 40.2 Å². The molecule has 0 saturated heterocycles. The van der Waals surface area contributed by atoms with Gasteiger partial charge >= 0.3 is 5.97 Å². The van der Waals surface area contributed by atoms with E-state index in [-0.39, 0.29) is 31.6 Å². The molecule has 3 saturated carbocycles. The van der Waals surface area contributed by atoms with E-state index in [4.69, 9.17) is 4.74 Å².